The topological polar surface area (TPSA) is 34.4 Å². The van der Waals surface area contributed by atoms with Crippen LogP contribution in [-0.2, 0) is 17.9 Å². The van der Waals surface area contributed by atoms with E-state index in [-0.39, 0.29) is 6.10 Å². The first-order chi connectivity index (χ1) is 6.24. The van der Waals surface area contributed by atoms with E-state index in [1.54, 1.807) is 6.26 Å². The molecule has 0 spiro atoms. The third-order valence-electron chi connectivity index (χ3n) is 1.75. The highest BCUT2D eigenvalue weighted by Crippen LogP contribution is 2.12. The summed E-state index contributed by atoms with van der Waals surface area (Å²) in [7, 11) is 1.90. The number of nitrogens with one attached hydrogen (secondary N) is 1. The van der Waals surface area contributed by atoms with Crippen LogP contribution >= 0.6 is 0 Å². The minimum Gasteiger partial charge on any atom is -0.468 e. The Labute approximate surface area is 79.1 Å². The Balaban J connectivity index is 2.49. The average Bonchev–Trinajstić information content (AvgIpc) is 2.49. The molecule has 74 valence electrons. The van der Waals surface area contributed by atoms with Crippen molar-refractivity contribution in [3.8, 4) is 0 Å². The fourth-order valence-corrected chi connectivity index (χ4v) is 1.07. The van der Waals surface area contributed by atoms with Crippen LogP contribution in [0.25, 0.3) is 0 Å². The number of ether oxygens (including phenoxy) is 1. The summed E-state index contributed by atoms with van der Waals surface area (Å²) < 4.78 is 10.8. The fraction of sp³-hybridized carbons (Fsp3) is 0.600. The maximum atomic E-state index is 5.49. The second kappa shape index (κ2) is 5.04. The van der Waals surface area contributed by atoms with Crippen molar-refractivity contribution in [2.45, 2.75) is 33.1 Å². The van der Waals surface area contributed by atoms with Gasteiger partial charge in [0.25, 0.3) is 0 Å². The number of hydrogen-bond acceptors (Lipinski definition) is 3. The van der Waals surface area contributed by atoms with Crippen LogP contribution in [0.3, 0.4) is 0 Å². The molecule has 3 nitrogen and oxygen atoms in total. The van der Waals surface area contributed by atoms with Gasteiger partial charge in [-0.25, -0.2) is 0 Å². The second-order valence-electron chi connectivity index (χ2n) is 3.26. The van der Waals surface area contributed by atoms with Gasteiger partial charge >= 0.3 is 0 Å². The standard InChI is InChI=1S/C10H17NO2/c1-8(2)13-7-9-4-5-12-10(9)6-11-3/h4-5,8,11H,6-7H2,1-3H3. The van der Waals surface area contributed by atoms with Gasteiger partial charge in [0.1, 0.15) is 5.76 Å². The molecule has 0 bridgehead atoms. The van der Waals surface area contributed by atoms with E-state index >= 15 is 0 Å². The van der Waals surface area contributed by atoms with Crippen molar-refractivity contribution in [1.29, 1.82) is 0 Å². The summed E-state index contributed by atoms with van der Waals surface area (Å²) in [4.78, 5) is 0. The van der Waals surface area contributed by atoms with E-state index in [9.17, 15) is 0 Å². The summed E-state index contributed by atoms with van der Waals surface area (Å²) in [5, 5.41) is 3.05. The monoisotopic (exact) mass is 183 g/mol. The zero-order chi connectivity index (χ0) is 9.68. The van der Waals surface area contributed by atoms with Gasteiger partial charge in [0.05, 0.1) is 25.5 Å². The van der Waals surface area contributed by atoms with E-state index in [0.717, 1.165) is 17.9 Å². The molecule has 0 aromatic carbocycles. The molecular weight excluding hydrogens is 166 g/mol. The first-order valence-electron chi connectivity index (χ1n) is 4.55. The highest BCUT2D eigenvalue weighted by Gasteiger charge is 2.05. The SMILES string of the molecule is CNCc1occc1COC(C)C. The third kappa shape index (κ3) is 3.20. The molecule has 0 saturated heterocycles. The summed E-state index contributed by atoms with van der Waals surface area (Å²) in [6.45, 7) is 5.44. The summed E-state index contributed by atoms with van der Waals surface area (Å²) in [6, 6.07) is 1.95. The molecule has 0 unspecified atom stereocenters. The van der Waals surface area contributed by atoms with Crippen molar-refractivity contribution in [3.63, 3.8) is 0 Å². The van der Waals surface area contributed by atoms with E-state index in [2.05, 4.69) is 5.32 Å². The zero-order valence-electron chi connectivity index (χ0n) is 8.46. The van der Waals surface area contributed by atoms with Crippen LogP contribution in [0.5, 0.6) is 0 Å². The normalized spacial score (nSPS) is 11.1. The lowest BCUT2D eigenvalue weighted by Crippen LogP contribution is -2.08. The molecule has 1 heterocycles. The number of furan rings is 1. The van der Waals surface area contributed by atoms with Gasteiger partial charge < -0.3 is 14.5 Å². The molecule has 0 amide bonds. The van der Waals surface area contributed by atoms with Crippen molar-refractivity contribution in [2.24, 2.45) is 0 Å². The summed E-state index contributed by atoms with van der Waals surface area (Å²) in [5.41, 5.74) is 1.13. The van der Waals surface area contributed by atoms with Crippen molar-refractivity contribution < 1.29 is 9.15 Å². The van der Waals surface area contributed by atoms with E-state index in [1.807, 2.05) is 27.0 Å². The zero-order valence-corrected chi connectivity index (χ0v) is 8.46. The lowest BCUT2D eigenvalue weighted by atomic mass is 10.2. The van der Waals surface area contributed by atoms with Gasteiger partial charge in [-0.05, 0) is 27.0 Å². The van der Waals surface area contributed by atoms with Gasteiger partial charge in [-0.1, -0.05) is 0 Å². The summed E-state index contributed by atoms with van der Waals surface area (Å²) in [5.74, 6) is 0.961. The van der Waals surface area contributed by atoms with Crippen molar-refractivity contribution in [1.82, 2.24) is 5.32 Å². The van der Waals surface area contributed by atoms with Crippen LogP contribution in [0.15, 0.2) is 16.7 Å². The Bertz CT molecular complexity index is 243. The minimum atomic E-state index is 0.261. The largest absolute Gasteiger partial charge is 0.468 e. The Hall–Kier alpha value is -0.800. The predicted molar refractivity (Wildman–Crippen MR) is 51.4 cm³/mol. The summed E-state index contributed by atoms with van der Waals surface area (Å²) in [6.07, 6.45) is 1.96. The minimum absolute atomic E-state index is 0.261. The fourth-order valence-electron chi connectivity index (χ4n) is 1.07. The van der Waals surface area contributed by atoms with Gasteiger partial charge in [0, 0.05) is 5.56 Å². The first-order valence-corrected chi connectivity index (χ1v) is 4.55. The van der Waals surface area contributed by atoms with Crippen molar-refractivity contribution in [2.75, 3.05) is 7.05 Å². The van der Waals surface area contributed by atoms with Crippen LogP contribution in [0.1, 0.15) is 25.2 Å². The smallest absolute Gasteiger partial charge is 0.123 e. The van der Waals surface area contributed by atoms with Gasteiger partial charge in [-0.15, -0.1) is 0 Å². The van der Waals surface area contributed by atoms with Crippen LogP contribution in [0.4, 0.5) is 0 Å². The Kier molecular flexibility index (Phi) is 3.99. The van der Waals surface area contributed by atoms with Crippen LogP contribution in [0.2, 0.25) is 0 Å². The Morgan fingerprint density at radius 3 is 2.92 bits per heavy atom. The molecule has 1 aromatic heterocycles. The molecule has 13 heavy (non-hydrogen) atoms. The molecule has 0 saturated carbocycles. The molecule has 0 aliphatic carbocycles. The molecule has 0 radical (unpaired) electrons. The molecule has 3 heteroatoms. The molecule has 1 N–H and O–H groups in total. The first kappa shape index (κ1) is 10.3. The maximum absolute atomic E-state index is 5.49. The van der Waals surface area contributed by atoms with Crippen LogP contribution in [0, 0.1) is 0 Å². The van der Waals surface area contributed by atoms with Crippen LogP contribution in [-0.4, -0.2) is 13.2 Å². The van der Waals surface area contributed by atoms with E-state index in [0.29, 0.717) is 6.61 Å². The highest BCUT2D eigenvalue weighted by atomic mass is 16.5. The average molecular weight is 183 g/mol. The second-order valence-corrected chi connectivity index (χ2v) is 3.26. The molecule has 1 aromatic rings. The Morgan fingerprint density at radius 2 is 2.31 bits per heavy atom. The summed E-state index contributed by atoms with van der Waals surface area (Å²) >= 11 is 0. The van der Waals surface area contributed by atoms with E-state index < -0.39 is 0 Å². The maximum Gasteiger partial charge on any atom is 0.123 e. The quantitative estimate of drug-likeness (QED) is 0.757. The van der Waals surface area contributed by atoms with E-state index in [4.69, 9.17) is 9.15 Å². The lowest BCUT2D eigenvalue weighted by Gasteiger charge is -2.06. The third-order valence-corrected chi connectivity index (χ3v) is 1.75. The van der Waals surface area contributed by atoms with Gasteiger partial charge in [-0.3, -0.25) is 0 Å². The van der Waals surface area contributed by atoms with E-state index in [1.165, 1.54) is 0 Å². The molecule has 1 rings (SSSR count). The van der Waals surface area contributed by atoms with Crippen LogP contribution < -0.4 is 5.32 Å². The molecule has 0 aliphatic heterocycles. The molecular formula is C10H17NO2. The van der Waals surface area contributed by atoms with Crippen molar-refractivity contribution >= 4 is 0 Å². The number of rotatable bonds is 5. The predicted octanol–water partition coefficient (Wildman–Crippen LogP) is 1.92. The Morgan fingerprint density at radius 1 is 1.54 bits per heavy atom. The van der Waals surface area contributed by atoms with Gasteiger partial charge in [-0.2, -0.15) is 0 Å². The van der Waals surface area contributed by atoms with Gasteiger partial charge in [0.2, 0.25) is 0 Å². The van der Waals surface area contributed by atoms with Crippen molar-refractivity contribution in [3.05, 3.63) is 23.7 Å². The number of hydrogen-bond donors (Lipinski definition) is 1. The molecule has 0 aliphatic rings. The lowest BCUT2D eigenvalue weighted by molar-refractivity contribution is 0.0647. The molecule has 0 fully saturated rings. The van der Waals surface area contributed by atoms with Gasteiger partial charge in [0.15, 0.2) is 0 Å². The highest BCUT2D eigenvalue weighted by molar-refractivity contribution is 5.15. The molecule has 0 atom stereocenters.